The molecular weight excluding hydrogens is 465 g/mol. The van der Waals surface area contributed by atoms with Gasteiger partial charge in [0.1, 0.15) is 6.54 Å². The molecule has 1 amide bonds. The Hall–Kier alpha value is -1.61. The number of hydrazone groups is 1. The lowest BCUT2D eigenvalue weighted by atomic mass is 10.2. The Balaban J connectivity index is 2.09. The topological polar surface area (TPSA) is 78.8 Å². The van der Waals surface area contributed by atoms with Crippen LogP contribution in [0.1, 0.15) is 5.56 Å². The van der Waals surface area contributed by atoms with E-state index in [1.165, 1.54) is 24.4 Å². The van der Waals surface area contributed by atoms with Crippen LogP contribution in [0.5, 0.6) is 0 Å². The minimum Gasteiger partial charge on any atom is -0.271 e. The molecular formula is C16H14BrCl2N3O3S. The lowest BCUT2D eigenvalue weighted by Crippen LogP contribution is -2.39. The van der Waals surface area contributed by atoms with Gasteiger partial charge < -0.3 is 0 Å². The zero-order valence-corrected chi connectivity index (χ0v) is 17.4. The van der Waals surface area contributed by atoms with Crippen molar-refractivity contribution in [2.45, 2.75) is 0 Å². The number of benzene rings is 2. The Labute approximate surface area is 170 Å². The Bertz CT molecular complexity index is 934. The van der Waals surface area contributed by atoms with Gasteiger partial charge in [-0.05, 0) is 35.9 Å². The van der Waals surface area contributed by atoms with E-state index in [1.807, 2.05) is 12.1 Å². The highest BCUT2D eigenvalue weighted by atomic mass is 79.9. The second-order valence-electron chi connectivity index (χ2n) is 5.21. The Kier molecular flexibility index (Phi) is 7.05. The summed E-state index contributed by atoms with van der Waals surface area (Å²) in [6, 6.07) is 11.6. The van der Waals surface area contributed by atoms with Gasteiger partial charge in [0.25, 0.3) is 5.91 Å². The van der Waals surface area contributed by atoms with Crippen molar-refractivity contribution >= 4 is 67.0 Å². The molecule has 6 nitrogen and oxygen atoms in total. The van der Waals surface area contributed by atoms with Crippen molar-refractivity contribution in [3.63, 3.8) is 0 Å². The number of amides is 1. The van der Waals surface area contributed by atoms with E-state index in [2.05, 4.69) is 26.5 Å². The van der Waals surface area contributed by atoms with Gasteiger partial charge in [-0.15, -0.1) is 0 Å². The minimum atomic E-state index is -3.71. The molecule has 0 spiro atoms. The van der Waals surface area contributed by atoms with E-state index in [9.17, 15) is 13.2 Å². The number of hydrogen-bond donors (Lipinski definition) is 1. The van der Waals surface area contributed by atoms with Crippen molar-refractivity contribution in [1.82, 2.24) is 5.43 Å². The minimum absolute atomic E-state index is 0.187. The molecule has 0 saturated heterocycles. The van der Waals surface area contributed by atoms with Gasteiger partial charge >= 0.3 is 0 Å². The number of nitrogens with zero attached hydrogens (tertiary/aromatic N) is 2. The predicted molar refractivity (Wildman–Crippen MR) is 109 cm³/mol. The molecule has 10 heteroatoms. The molecule has 2 aromatic rings. The first-order valence-corrected chi connectivity index (χ1v) is 10.6. The first kappa shape index (κ1) is 20.7. The van der Waals surface area contributed by atoms with Crippen LogP contribution in [0.25, 0.3) is 0 Å². The number of sulfonamides is 1. The number of hydrogen-bond acceptors (Lipinski definition) is 4. The first-order chi connectivity index (χ1) is 12.2. The molecule has 0 atom stereocenters. The Morgan fingerprint density at radius 3 is 2.42 bits per heavy atom. The average molecular weight is 479 g/mol. The van der Waals surface area contributed by atoms with Crippen LogP contribution >= 0.6 is 39.1 Å². The fourth-order valence-electron chi connectivity index (χ4n) is 1.93. The molecule has 2 rings (SSSR count). The molecule has 2 aromatic carbocycles. The van der Waals surface area contributed by atoms with Gasteiger partial charge in [0, 0.05) is 4.47 Å². The number of nitrogens with one attached hydrogen (secondary N) is 1. The molecule has 138 valence electrons. The highest BCUT2D eigenvalue weighted by Crippen LogP contribution is 2.28. The third kappa shape index (κ3) is 5.98. The lowest BCUT2D eigenvalue weighted by Gasteiger charge is -2.21. The molecule has 0 aliphatic carbocycles. The third-order valence-electron chi connectivity index (χ3n) is 3.15. The fourth-order valence-corrected chi connectivity index (χ4v) is 3.34. The van der Waals surface area contributed by atoms with Crippen molar-refractivity contribution in [2.24, 2.45) is 5.10 Å². The maximum absolute atomic E-state index is 12.1. The van der Waals surface area contributed by atoms with E-state index in [1.54, 1.807) is 12.1 Å². The first-order valence-electron chi connectivity index (χ1n) is 7.17. The molecule has 0 aliphatic rings. The van der Waals surface area contributed by atoms with Crippen molar-refractivity contribution in [3.8, 4) is 0 Å². The summed E-state index contributed by atoms with van der Waals surface area (Å²) in [6.07, 6.45) is 2.45. The fraction of sp³-hybridized carbons (Fsp3) is 0.125. The van der Waals surface area contributed by atoms with Gasteiger partial charge in [0.2, 0.25) is 10.0 Å². The lowest BCUT2D eigenvalue weighted by molar-refractivity contribution is -0.119. The average Bonchev–Trinajstić information content (AvgIpc) is 2.56. The van der Waals surface area contributed by atoms with Gasteiger partial charge in [-0.2, -0.15) is 5.10 Å². The standard InChI is InChI=1S/C16H14BrCl2N3O3S/c1-26(24,25)22(13-6-7-14(18)15(19)8-13)10-16(23)21-20-9-11-2-4-12(17)5-3-11/h2-9H,10H2,1H3,(H,21,23)/b20-9-. The molecule has 0 fully saturated rings. The maximum atomic E-state index is 12.1. The smallest absolute Gasteiger partial charge is 0.260 e. The van der Waals surface area contributed by atoms with Gasteiger partial charge in [0.15, 0.2) is 0 Å². The van der Waals surface area contributed by atoms with Crippen LogP contribution < -0.4 is 9.73 Å². The summed E-state index contributed by atoms with van der Waals surface area (Å²) in [7, 11) is -3.71. The molecule has 0 heterocycles. The van der Waals surface area contributed by atoms with Crippen LogP contribution in [-0.4, -0.2) is 33.3 Å². The van der Waals surface area contributed by atoms with Gasteiger partial charge in [-0.25, -0.2) is 13.8 Å². The molecule has 1 N–H and O–H groups in total. The normalized spacial score (nSPS) is 11.5. The summed E-state index contributed by atoms with van der Waals surface area (Å²) in [6.45, 7) is -0.450. The second kappa shape index (κ2) is 8.85. The molecule has 0 unspecified atom stereocenters. The van der Waals surface area contributed by atoms with Crippen molar-refractivity contribution in [1.29, 1.82) is 0 Å². The number of carbonyl (C=O) groups is 1. The van der Waals surface area contributed by atoms with E-state index < -0.39 is 22.5 Å². The number of halogens is 3. The SMILES string of the molecule is CS(=O)(=O)N(CC(=O)N/N=C\c1ccc(Br)cc1)c1ccc(Cl)c(Cl)c1. The van der Waals surface area contributed by atoms with Crippen LogP contribution in [0.4, 0.5) is 5.69 Å². The van der Waals surface area contributed by atoms with Crippen LogP contribution in [0.3, 0.4) is 0 Å². The largest absolute Gasteiger partial charge is 0.271 e. The highest BCUT2D eigenvalue weighted by Gasteiger charge is 2.21. The van der Waals surface area contributed by atoms with E-state index in [0.29, 0.717) is 0 Å². The number of anilines is 1. The second-order valence-corrected chi connectivity index (χ2v) is 8.85. The monoisotopic (exact) mass is 477 g/mol. The molecule has 0 radical (unpaired) electrons. The van der Waals surface area contributed by atoms with E-state index in [4.69, 9.17) is 23.2 Å². The summed E-state index contributed by atoms with van der Waals surface area (Å²) in [5.74, 6) is -0.602. The maximum Gasteiger partial charge on any atom is 0.260 e. The van der Waals surface area contributed by atoms with Crippen LogP contribution in [0, 0.1) is 0 Å². The summed E-state index contributed by atoms with van der Waals surface area (Å²) in [5.41, 5.74) is 3.30. The zero-order valence-electron chi connectivity index (χ0n) is 13.5. The van der Waals surface area contributed by atoms with Gasteiger partial charge in [0.05, 0.1) is 28.2 Å². The van der Waals surface area contributed by atoms with Crippen LogP contribution in [0.15, 0.2) is 52.0 Å². The zero-order chi connectivity index (χ0) is 19.3. The van der Waals surface area contributed by atoms with Crippen LogP contribution in [0.2, 0.25) is 10.0 Å². The highest BCUT2D eigenvalue weighted by molar-refractivity contribution is 9.10. The number of carbonyl (C=O) groups excluding carboxylic acids is 1. The molecule has 0 saturated carbocycles. The third-order valence-corrected chi connectivity index (χ3v) is 5.56. The predicted octanol–water partition coefficient (Wildman–Crippen LogP) is 3.67. The van der Waals surface area contributed by atoms with E-state index in [-0.39, 0.29) is 15.7 Å². The molecule has 26 heavy (non-hydrogen) atoms. The Morgan fingerprint density at radius 1 is 1.19 bits per heavy atom. The molecule has 0 aliphatic heterocycles. The van der Waals surface area contributed by atoms with Crippen molar-refractivity contribution in [2.75, 3.05) is 17.1 Å². The van der Waals surface area contributed by atoms with Crippen molar-refractivity contribution in [3.05, 3.63) is 62.5 Å². The Morgan fingerprint density at radius 2 is 1.85 bits per heavy atom. The van der Waals surface area contributed by atoms with Gasteiger partial charge in [-0.1, -0.05) is 51.3 Å². The summed E-state index contributed by atoms with van der Waals surface area (Å²) in [5, 5.41) is 4.29. The number of rotatable bonds is 6. The quantitative estimate of drug-likeness (QED) is 0.508. The van der Waals surface area contributed by atoms with E-state index in [0.717, 1.165) is 20.6 Å². The van der Waals surface area contributed by atoms with E-state index >= 15 is 0 Å². The summed E-state index contributed by atoms with van der Waals surface area (Å²) >= 11 is 15.1. The van der Waals surface area contributed by atoms with Gasteiger partial charge in [-0.3, -0.25) is 9.10 Å². The summed E-state index contributed by atoms with van der Waals surface area (Å²) < 4.78 is 25.9. The molecule has 0 aromatic heterocycles. The summed E-state index contributed by atoms with van der Waals surface area (Å²) in [4.78, 5) is 12.1. The molecule has 0 bridgehead atoms. The van der Waals surface area contributed by atoms with Crippen LogP contribution in [-0.2, 0) is 14.8 Å². The van der Waals surface area contributed by atoms with Crippen molar-refractivity contribution < 1.29 is 13.2 Å².